The molecule has 5 rings (SSSR count). The van der Waals surface area contributed by atoms with Gasteiger partial charge in [-0.15, -0.1) is 0 Å². The van der Waals surface area contributed by atoms with Crippen LogP contribution in [0, 0.1) is 0 Å². The third-order valence-corrected chi connectivity index (χ3v) is 7.97. The minimum atomic E-state index is -0.775. The molecule has 2 saturated heterocycles. The number of anilines is 1. The number of likely N-dealkylation sites (tertiary alicyclic amines) is 1. The second-order valence-electron chi connectivity index (χ2n) is 10.4. The molecule has 2 aliphatic heterocycles. The lowest BCUT2D eigenvalue weighted by Crippen LogP contribution is -2.57. The number of hydrogen-bond donors (Lipinski definition) is 1. The molecule has 208 valence electrons. The largest absolute Gasteiger partial charge is 0.496 e. The lowest BCUT2D eigenvalue weighted by Gasteiger charge is -2.43. The smallest absolute Gasteiger partial charge is 0.250 e. The lowest BCUT2D eigenvalue weighted by atomic mass is 9.85. The number of nitrogens with one attached hydrogen (secondary N) is 1. The highest BCUT2D eigenvalue weighted by Gasteiger charge is 2.54. The molecule has 3 amide bonds. The molecule has 8 heteroatoms. The van der Waals surface area contributed by atoms with Gasteiger partial charge in [0.15, 0.2) is 0 Å². The summed E-state index contributed by atoms with van der Waals surface area (Å²) in [5, 5.41) is 2.96. The van der Waals surface area contributed by atoms with E-state index in [-0.39, 0.29) is 24.3 Å². The fraction of sp³-hybridized carbons (Fsp3) is 0.344. The van der Waals surface area contributed by atoms with Crippen LogP contribution in [-0.4, -0.2) is 73.0 Å². The molecule has 0 radical (unpaired) electrons. The highest BCUT2D eigenvalue weighted by molar-refractivity contribution is 5.96. The normalized spacial score (nSPS) is 16.3. The van der Waals surface area contributed by atoms with Gasteiger partial charge in [-0.1, -0.05) is 66.7 Å². The van der Waals surface area contributed by atoms with Gasteiger partial charge in [0.1, 0.15) is 17.8 Å². The van der Waals surface area contributed by atoms with Crippen molar-refractivity contribution in [3.05, 3.63) is 96.1 Å². The van der Waals surface area contributed by atoms with Crippen LogP contribution >= 0.6 is 0 Å². The first-order chi connectivity index (χ1) is 19.5. The van der Waals surface area contributed by atoms with E-state index in [1.807, 2.05) is 89.8 Å². The van der Waals surface area contributed by atoms with E-state index in [1.165, 1.54) is 0 Å². The van der Waals surface area contributed by atoms with E-state index in [2.05, 4.69) is 10.2 Å². The Balaban J connectivity index is 1.23. The highest BCUT2D eigenvalue weighted by atomic mass is 16.5. The lowest BCUT2D eigenvalue weighted by molar-refractivity contribution is -0.139. The van der Waals surface area contributed by atoms with E-state index >= 15 is 0 Å². The van der Waals surface area contributed by atoms with E-state index in [1.54, 1.807) is 12.0 Å². The number of methoxy groups -OCH3 is 1. The Hall–Kier alpha value is -4.33. The number of ether oxygens (including phenoxy) is 1. The number of hydrogen-bond acceptors (Lipinski definition) is 5. The van der Waals surface area contributed by atoms with Crippen LogP contribution in [0.4, 0.5) is 5.69 Å². The topological polar surface area (TPSA) is 82.2 Å². The molecule has 1 spiro atoms. The van der Waals surface area contributed by atoms with E-state index in [9.17, 15) is 14.4 Å². The number of carbonyl (C=O) groups is 3. The zero-order chi connectivity index (χ0) is 28.0. The molecule has 3 aromatic rings. The minimum Gasteiger partial charge on any atom is -0.496 e. The second kappa shape index (κ2) is 12.2. The Morgan fingerprint density at radius 2 is 1.55 bits per heavy atom. The summed E-state index contributed by atoms with van der Waals surface area (Å²) in [5.41, 5.74) is 2.17. The van der Waals surface area contributed by atoms with Gasteiger partial charge in [0.05, 0.1) is 20.2 Å². The van der Waals surface area contributed by atoms with Crippen molar-refractivity contribution < 1.29 is 19.1 Å². The number of para-hydroxylation sites is 2. The molecule has 8 nitrogen and oxygen atoms in total. The molecular formula is C32H36N4O4. The molecule has 2 fully saturated rings. The third-order valence-electron chi connectivity index (χ3n) is 7.97. The predicted octanol–water partition coefficient (Wildman–Crippen LogP) is 3.26. The van der Waals surface area contributed by atoms with Crippen molar-refractivity contribution in [1.29, 1.82) is 0 Å². The molecule has 2 aliphatic rings. The molecule has 0 aromatic heterocycles. The number of piperidine rings is 1. The molecule has 2 heterocycles. The van der Waals surface area contributed by atoms with Gasteiger partial charge in [-0.3, -0.25) is 14.4 Å². The van der Waals surface area contributed by atoms with Crippen molar-refractivity contribution in [3.8, 4) is 5.75 Å². The highest BCUT2D eigenvalue weighted by Crippen LogP contribution is 2.39. The van der Waals surface area contributed by atoms with Gasteiger partial charge < -0.3 is 24.8 Å². The summed E-state index contributed by atoms with van der Waals surface area (Å²) in [6.45, 7) is 1.78. The summed E-state index contributed by atoms with van der Waals surface area (Å²) >= 11 is 0. The van der Waals surface area contributed by atoms with Gasteiger partial charge in [-0.25, -0.2) is 0 Å². The summed E-state index contributed by atoms with van der Waals surface area (Å²) in [6.07, 6.45) is 2.03. The number of nitrogens with zero attached hydrogens (tertiary/aromatic N) is 3. The SMILES string of the molecule is COc1ccccc1CCNC(=O)CN1CN(c2ccccc2)C2(CCN(C(=O)Cc3ccccc3)CC2)C1=O. The zero-order valence-corrected chi connectivity index (χ0v) is 22.9. The standard InChI is InChI=1S/C32H36N4O4/c1-40-28-15-9-8-12-26(28)16-19-33-29(37)23-35-24-36(27-13-6-3-7-14-27)32(31(35)39)17-20-34(21-18-32)30(38)22-25-10-4-2-5-11-25/h2-15H,16-24H2,1H3,(H,33,37). The van der Waals surface area contributed by atoms with Crippen molar-refractivity contribution >= 4 is 23.4 Å². The average Bonchev–Trinajstić information content (AvgIpc) is 3.24. The van der Waals surface area contributed by atoms with Crippen LogP contribution in [0.1, 0.15) is 24.0 Å². The maximum Gasteiger partial charge on any atom is 0.250 e. The Morgan fingerprint density at radius 1 is 0.900 bits per heavy atom. The van der Waals surface area contributed by atoms with Crippen LogP contribution in [0.25, 0.3) is 0 Å². The van der Waals surface area contributed by atoms with Crippen molar-refractivity contribution in [2.24, 2.45) is 0 Å². The predicted molar refractivity (Wildman–Crippen MR) is 154 cm³/mol. The van der Waals surface area contributed by atoms with Crippen LogP contribution in [0.15, 0.2) is 84.9 Å². The summed E-state index contributed by atoms with van der Waals surface area (Å²) in [5.74, 6) is 0.625. The van der Waals surface area contributed by atoms with Crippen molar-refractivity contribution in [2.75, 3.05) is 44.9 Å². The Morgan fingerprint density at radius 3 is 2.25 bits per heavy atom. The fourth-order valence-electron chi connectivity index (χ4n) is 5.81. The summed E-state index contributed by atoms with van der Waals surface area (Å²) < 4.78 is 5.40. The van der Waals surface area contributed by atoms with Gasteiger partial charge in [0, 0.05) is 25.3 Å². The van der Waals surface area contributed by atoms with Gasteiger partial charge in [-0.05, 0) is 48.6 Å². The summed E-state index contributed by atoms with van der Waals surface area (Å²) in [4.78, 5) is 45.5. The minimum absolute atomic E-state index is 0.00745. The Kier molecular flexibility index (Phi) is 8.34. The molecular weight excluding hydrogens is 504 g/mol. The molecule has 0 atom stereocenters. The van der Waals surface area contributed by atoms with Crippen molar-refractivity contribution in [3.63, 3.8) is 0 Å². The first kappa shape index (κ1) is 27.2. The molecule has 3 aromatic carbocycles. The van der Waals surface area contributed by atoms with Gasteiger partial charge >= 0.3 is 0 Å². The molecule has 40 heavy (non-hydrogen) atoms. The fourth-order valence-corrected chi connectivity index (χ4v) is 5.81. The number of carbonyl (C=O) groups excluding carboxylic acids is 3. The van der Waals surface area contributed by atoms with Gasteiger partial charge in [-0.2, -0.15) is 0 Å². The van der Waals surface area contributed by atoms with Crippen LogP contribution in [0.5, 0.6) is 5.75 Å². The van der Waals surface area contributed by atoms with E-state index < -0.39 is 5.54 Å². The summed E-state index contributed by atoms with van der Waals surface area (Å²) in [6, 6.07) is 27.3. The van der Waals surface area contributed by atoms with E-state index in [0.29, 0.717) is 52.0 Å². The monoisotopic (exact) mass is 540 g/mol. The molecule has 0 unspecified atom stereocenters. The van der Waals surface area contributed by atoms with Gasteiger partial charge in [0.2, 0.25) is 11.8 Å². The number of rotatable bonds is 9. The van der Waals surface area contributed by atoms with Crippen LogP contribution in [0.3, 0.4) is 0 Å². The maximum atomic E-state index is 13.9. The Labute approximate surface area is 235 Å². The molecule has 0 bridgehead atoms. The van der Waals surface area contributed by atoms with Gasteiger partial charge in [0.25, 0.3) is 5.91 Å². The van der Waals surface area contributed by atoms with Crippen LogP contribution < -0.4 is 15.0 Å². The number of benzene rings is 3. The first-order valence-corrected chi connectivity index (χ1v) is 13.8. The van der Waals surface area contributed by atoms with Crippen LogP contribution in [-0.2, 0) is 27.2 Å². The van der Waals surface area contributed by atoms with Crippen LogP contribution in [0.2, 0.25) is 0 Å². The molecule has 1 N–H and O–H groups in total. The average molecular weight is 541 g/mol. The quantitative estimate of drug-likeness (QED) is 0.451. The molecule has 0 aliphatic carbocycles. The Bertz CT molecular complexity index is 1320. The third kappa shape index (κ3) is 5.81. The zero-order valence-electron chi connectivity index (χ0n) is 22.9. The van der Waals surface area contributed by atoms with E-state index in [4.69, 9.17) is 4.74 Å². The number of amides is 3. The van der Waals surface area contributed by atoms with Crippen molar-refractivity contribution in [1.82, 2.24) is 15.1 Å². The first-order valence-electron chi connectivity index (χ1n) is 13.8. The maximum absolute atomic E-state index is 13.9. The summed E-state index contributed by atoms with van der Waals surface area (Å²) in [7, 11) is 1.63. The van der Waals surface area contributed by atoms with Crippen molar-refractivity contribution in [2.45, 2.75) is 31.2 Å². The van der Waals surface area contributed by atoms with E-state index in [0.717, 1.165) is 22.6 Å². The molecule has 0 saturated carbocycles. The second-order valence-corrected chi connectivity index (χ2v) is 10.4.